The van der Waals surface area contributed by atoms with Crippen molar-refractivity contribution in [3.05, 3.63) is 47.8 Å². The van der Waals surface area contributed by atoms with Gasteiger partial charge in [-0.2, -0.15) is 5.10 Å². The molecule has 1 aromatic heterocycles. The van der Waals surface area contributed by atoms with Crippen molar-refractivity contribution in [2.75, 3.05) is 6.54 Å². The van der Waals surface area contributed by atoms with Crippen LogP contribution in [-0.2, 0) is 22.7 Å². The first-order valence-electron chi connectivity index (χ1n) is 7.43. The molecule has 7 heteroatoms. The molecule has 0 bridgehead atoms. The molecule has 0 saturated carbocycles. The summed E-state index contributed by atoms with van der Waals surface area (Å²) in [6.45, 7) is 5.43. The molecule has 1 atom stereocenters. The number of sulfonamides is 1. The van der Waals surface area contributed by atoms with Gasteiger partial charge in [-0.05, 0) is 30.5 Å². The molecule has 23 heavy (non-hydrogen) atoms. The third-order valence-corrected chi connectivity index (χ3v) is 5.17. The number of hydrogen-bond donors (Lipinski definition) is 2. The maximum Gasteiger partial charge on any atom is 0.240 e. The van der Waals surface area contributed by atoms with Crippen LogP contribution >= 0.6 is 0 Å². The minimum Gasteiger partial charge on any atom is -0.384 e. The molecule has 1 unspecified atom stereocenters. The van der Waals surface area contributed by atoms with Gasteiger partial charge in [-0.1, -0.05) is 26.0 Å². The second kappa shape index (κ2) is 6.43. The molecular weight excluding hydrogens is 314 g/mol. The average Bonchev–Trinajstić information content (AvgIpc) is 2.93. The Balaban J connectivity index is 2.17. The molecule has 0 aliphatic heterocycles. The zero-order valence-corrected chi connectivity index (χ0v) is 14.6. The number of rotatable bonds is 6. The molecule has 2 aromatic rings. The Morgan fingerprint density at radius 1 is 1.39 bits per heavy atom. The van der Waals surface area contributed by atoms with E-state index < -0.39 is 15.6 Å². The van der Waals surface area contributed by atoms with Crippen molar-refractivity contribution >= 4 is 10.0 Å². The summed E-state index contributed by atoms with van der Waals surface area (Å²) < 4.78 is 28.9. The fourth-order valence-corrected chi connectivity index (χ4v) is 3.35. The lowest BCUT2D eigenvalue weighted by atomic mass is 10.0. The number of aliphatic hydroxyl groups is 1. The Labute approximate surface area is 137 Å². The topological polar surface area (TPSA) is 84.2 Å². The highest BCUT2D eigenvalue weighted by atomic mass is 32.2. The first kappa shape index (κ1) is 17.7. The van der Waals surface area contributed by atoms with E-state index in [9.17, 15) is 13.5 Å². The fraction of sp³-hybridized carbons (Fsp3) is 0.438. The average molecular weight is 337 g/mol. The van der Waals surface area contributed by atoms with Gasteiger partial charge >= 0.3 is 0 Å². The number of hydrogen-bond acceptors (Lipinski definition) is 4. The number of nitrogens with one attached hydrogen (secondary N) is 1. The van der Waals surface area contributed by atoms with Crippen molar-refractivity contribution in [2.45, 2.75) is 37.2 Å². The van der Waals surface area contributed by atoms with Crippen LogP contribution in [0.5, 0.6) is 0 Å². The Kier molecular flexibility index (Phi) is 4.93. The molecule has 0 aliphatic rings. The molecule has 1 heterocycles. The number of aromatic nitrogens is 2. The standard InChI is InChI=1S/C16H23N3O3S/c1-12(2)13-6-5-7-15(8-13)23(21,22)18-11-16(3,20)14-9-17-19(4)10-14/h5-10,12,18,20H,11H2,1-4H3. The maximum absolute atomic E-state index is 12.4. The quantitative estimate of drug-likeness (QED) is 0.841. The summed E-state index contributed by atoms with van der Waals surface area (Å²) >= 11 is 0. The second-order valence-corrected chi connectivity index (χ2v) is 8.00. The molecule has 6 nitrogen and oxygen atoms in total. The molecule has 1 aromatic carbocycles. The van der Waals surface area contributed by atoms with E-state index in [1.165, 1.54) is 6.20 Å². The highest BCUT2D eigenvalue weighted by Gasteiger charge is 2.27. The molecule has 0 fully saturated rings. The van der Waals surface area contributed by atoms with E-state index in [4.69, 9.17) is 0 Å². The number of aryl methyl sites for hydroxylation is 1. The van der Waals surface area contributed by atoms with Crippen LogP contribution in [0.25, 0.3) is 0 Å². The molecular formula is C16H23N3O3S. The summed E-state index contributed by atoms with van der Waals surface area (Å²) in [6.07, 6.45) is 3.18. The van der Waals surface area contributed by atoms with Gasteiger partial charge in [-0.25, -0.2) is 13.1 Å². The van der Waals surface area contributed by atoms with Crippen LogP contribution in [0, 0.1) is 0 Å². The Morgan fingerprint density at radius 3 is 2.65 bits per heavy atom. The van der Waals surface area contributed by atoms with E-state index in [0.717, 1.165) is 5.56 Å². The van der Waals surface area contributed by atoms with Crippen LogP contribution in [0.15, 0.2) is 41.6 Å². The second-order valence-electron chi connectivity index (χ2n) is 6.23. The lowest BCUT2D eigenvalue weighted by Crippen LogP contribution is -2.38. The van der Waals surface area contributed by atoms with Crippen molar-refractivity contribution in [1.82, 2.24) is 14.5 Å². The maximum atomic E-state index is 12.4. The van der Waals surface area contributed by atoms with Gasteiger partial charge in [0.2, 0.25) is 10.0 Å². The Morgan fingerprint density at radius 2 is 2.09 bits per heavy atom. The fourth-order valence-electron chi connectivity index (χ4n) is 2.16. The minimum atomic E-state index is -3.69. The monoisotopic (exact) mass is 337 g/mol. The van der Waals surface area contributed by atoms with Crippen LogP contribution in [0.2, 0.25) is 0 Å². The van der Waals surface area contributed by atoms with E-state index in [-0.39, 0.29) is 17.4 Å². The normalized spacial score (nSPS) is 14.9. The van der Waals surface area contributed by atoms with Gasteiger partial charge in [0.15, 0.2) is 0 Å². The third-order valence-electron chi connectivity index (χ3n) is 3.77. The first-order valence-corrected chi connectivity index (χ1v) is 8.91. The number of nitrogens with zero attached hydrogens (tertiary/aromatic N) is 2. The summed E-state index contributed by atoms with van der Waals surface area (Å²) in [5.74, 6) is 0.239. The zero-order valence-electron chi connectivity index (χ0n) is 13.8. The Bertz CT molecular complexity index is 779. The molecule has 126 valence electrons. The molecule has 2 N–H and O–H groups in total. The zero-order chi connectivity index (χ0) is 17.3. The van der Waals surface area contributed by atoms with Gasteiger partial charge in [-0.3, -0.25) is 4.68 Å². The van der Waals surface area contributed by atoms with Gasteiger partial charge in [0.05, 0.1) is 11.1 Å². The highest BCUT2D eigenvalue weighted by Crippen LogP contribution is 2.21. The predicted octanol–water partition coefficient (Wildman–Crippen LogP) is 1.73. The summed E-state index contributed by atoms with van der Waals surface area (Å²) in [6, 6.07) is 6.83. The molecule has 2 rings (SSSR count). The summed E-state index contributed by atoms with van der Waals surface area (Å²) in [4.78, 5) is 0.200. The van der Waals surface area contributed by atoms with Gasteiger partial charge < -0.3 is 5.11 Å². The number of benzene rings is 1. The van der Waals surface area contributed by atoms with Crippen LogP contribution < -0.4 is 4.72 Å². The van der Waals surface area contributed by atoms with Crippen molar-refractivity contribution < 1.29 is 13.5 Å². The van der Waals surface area contributed by atoms with Gasteiger partial charge in [-0.15, -0.1) is 0 Å². The molecule has 0 amide bonds. The van der Waals surface area contributed by atoms with Crippen molar-refractivity contribution in [2.24, 2.45) is 7.05 Å². The van der Waals surface area contributed by atoms with Crippen LogP contribution in [0.3, 0.4) is 0 Å². The van der Waals surface area contributed by atoms with Crippen LogP contribution in [-0.4, -0.2) is 29.8 Å². The smallest absolute Gasteiger partial charge is 0.240 e. The van der Waals surface area contributed by atoms with Gasteiger partial charge in [0.25, 0.3) is 0 Å². The minimum absolute atomic E-state index is 0.132. The predicted molar refractivity (Wildman–Crippen MR) is 88.5 cm³/mol. The summed E-state index contributed by atoms with van der Waals surface area (Å²) in [5, 5.41) is 14.5. The van der Waals surface area contributed by atoms with E-state index in [2.05, 4.69) is 9.82 Å². The molecule has 0 radical (unpaired) electrons. The van der Waals surface area contributed by atoms with E-state index in [1.54, 1.807) is 43.0 Å². The van der Waals surface area contributed by atoms with Gasteiger partial charge in [0.1, 0.15) is 5.60 Å². The third kappa shape index (κ3) is 4.19. The van der Waals surface area contributed by atoms with E-state index in [0.29, 0.717) is 5.56 Å². The lowest BCUT2D eigenvalue weighted by molar-refractivity contribution is 0.0627. The summed E-state index contributed by atoms with van der Waals surface area (Å²) in [5.41, 5.74) is 0.169. The van der Waals surface area contributed by atoms with Crippen molar-refractivity contribution in [1.29, 1.82) is 0 Å². The molecule has 0 spiro atoms. The van der Waals surface area contributed by atoms with Crippen molar-refractivity contribution in [3.63, 3.8) is 0 Å². The summed E-state index contributed by atoms with van der Waals surface area (Å²) in [7, 11) is -1.95. The first-order chi connectivity index (χ1) is 10.6. The largest absolute Gasteiger partial charge is 0.384 e. The Hall–Kier alpha value is -1.70. The van der Waals surface area contributed by atoms with E-state index in [1.807, 2.05) is 19.9 Å². The lowest BCUT2D eigenvalue weighted by Gasteiger charge is -2.22. The highest BCUT2D eigenvalue weighted by molar-refractivity contribution is 7.89. The van der Waals surface area contributed by atoms with E-state index >= 15 is 0 Å². The van der Waals surface area contributed by atoms with Crippen LogP contribution in [0.1, 0.15) is 37.8 Å². The van der Waals surface area contributed by atoms with Gasteiger partial charge in [0, 0.05) is 25.4 Å². The molecule has 0 saturated heterocycles. The SMILES string of the molecule is CC(C)c1cccc(S(=O)(=O)NCC(C)(O)c2cnn(C)c2)c1. The van der Waals surface area contributed by atoms with Crippen molar-refractivity contribution in [3.8, 4) is 0 Å². The van der Waals surface area contributed by atoms with Crippen LogP contribution in [0.4, 0.5) is 0 Å². The molecule has 0 aliphatic carbocycles.